The van der Waals surface area contributed by atoms with Gasteiger partial charge in [0.25, 0.3) is 0 Å². The number of hydrogen-bond donors (Lipinski definition) is 1. The fraction of sp³-hybridized carbons (Fsp3) is 0.529. The van der Waals surface area contributed by atoms with E-state index in [1.807, 2.05) is 6.92 Å². The SMILES string of the molecule is CC1CC(C(=O)O)CN(C(=O)CCCOc2ccc(F)cc2)C1. The molecule has 0 saturated carbocycles. The molecule has 1 aliphatic rings. The molecule has 0 aliphatic carbocycles. The maximum atomic E-state index is 12.8. The number of hydrogen-bond acceptors (Lipinski definition) is 3. The normalized spacial score (nSPS) is 21.0. The molecule has 1 heterocycles. The van der Waals surface area contributed by atoms with Crippen molar-refractivity contribution < 1.29 is 23.8 Å². The van der Waals surface area contributed by atoms with E-state index in [-0.39, 0.29) is 24.2 Å². The first-order valence-corrected chi connectivity index (χ1v) is 7.84. The monoisotopic (exact) mass is 323 g/mol. The summed E-state index contributed by atoms with van der Waals surface area (Å²) in [7, 11) is 0. The molecule has 1 fully saturated rings. The van der Waals surface area contributed by atoms with Gasteiger partial charge < -0.3 is 14.7 Å². The van der Waals surface area contributed by atoms with Gasteiger partial charge in [-0.05, 0) is 43.0 Å². The highest BCUT2D eigenvalue weighted by atomic mass is 19.1. The molecule has 6 heteroatoms. The van der Waals surface area contributed by atoms with Crippen LogP contribution >= 0.6 is 0 Å². The lowest BCUT2D eigenvalue weighted by Gasteiger charge is -2.34. The van der Waals surface area contributed by atoms with Gasteiger partial charge in [0.05, 0.1) is 12.5 Å². The van der Waals surface area contributed by atoms with Gasteiger partial charge in [-0.3, -0.25) is 9.59 Å². The van der Waals surface area contributed by atoms with E-state index in [4.69, 9.17) is 9.84 Å². The predicted molar refractivity (Wildman–Crippen MR) is 82.6 cm³/mol. The first kappa shape index (κ1) is 17.2. The highest BCUT2D eigenvalue weighted by Gasteiger charge is 2.31. The van der Waals surface area contributed by atoms with Gasteiger partial charge in [-0.2, -0.15) is 0 Å². The van der Waals surface area contributed by atoms with Crippen molar-refractivity contribution in [3.05, 3.63) is 30.1 Å². The maximum Gasteiger partial charge on any atom is 0.308 e. The summed E-state index contributed by atoms with van der Waals surface area (Å²) in [5.41, 5.74) is 0. The number of piperidine rings is 1. The minimum Gasteiger partial charge on any atom is -0.494 e. The third-order valence-electron chi connectivity index (χ3n) is 3.98. The fourth-order valence-electron chi connectivity index (χ4n) is 2.84. The van der Waals surface area contributed by atoms with Crippen LogP contribution in [-0.2, 0) is 9.59 Å². The molecular weight excluding hydrogens is 301 g/mol. The first-order valence-electron chi connectivity index (χ1n) is 7.84. The zero-order valence-electron chi connectivity index (χ0n) is 13.2. The Bertz CT molecular complexity index is 546. The Morgan fingerprint density at radius 3 is 2.65 bits per heavy atom. The summed E-state index contributed by atoms with van der Waals surface area (Å²) in [5.74, 6) is -0.905. The molecule has 1 saturated heterocycles. The van der Waals surface area contributed by atoms with E-state index in [9.17, 15) is 14.0 Å². The lowest BCUT2D eigenvalue weighted by molar-refractivity contribution is -0.147. The van der Waals surface area contributed by atoms with Crippen LogP contribution in [0.25, 0.3) is 0 Å². The van der Waals surface area contributed by atoms with Crippen LogP contribution in [0.1, 0.15) is 26.2 Å². The average Bonchev–Trinajstić information content (AvgIpc) is 2.52. The molecule has 5 nitrogen and oxygen atoms in total. The van der Waals surface area contributed by atoms with Gasteiger partial charge >= 0.3 is 5.97 Å². The first-order chi connectivity index (χ1) is 11.0. The Morgan fingerprint density at radius 2 is 2.00 bits per heavy atom. The summed E-state index contributed by atoms with van der Waals surface area (Å²) in [6, 6.07) is 5.73. The van der Waals surface area contributed by atoms with Crippen LogP contribution in [-0.4, -0.2) is 41.6 Å². The summed E-state index contributed by atoms with van der Waals surface area (Å²) in [6.07, 6.45) is 1.48. The van der Waals surface area contributed by atoms with Crippen molar-refractivity contribution in [2.45, 2.75) is 26.2 Å². The smallest absolute Gasteiger partial charge is 0.308 e. The maximum absolute atomic E-state index is 12.8. The van der Waals surface area contributed by atoms with E-state index in [1.165, 1.54) is 12.1 Å². The van der Waals surface area contributed by atoms with Crippen molar-refractivity contribution in [1.82, 2.24) is 4.90 Å². The quantitative estimate of drug-likeness (QED) is 0.817. The van der Waals surface area contributed by atoms with Crippen LogP contribution < -0.4 is 4.74 Å². The fourth-order valence-corrected chi connectivity index (χ4v) is 2.84. The molecule has 23 heavy (non-hydrogen) atoms. The molecule has 2 rings (SSSR count). The van der Waals surface area contributed by atoms with Crippen LogP contribution in [0.2, 0.25) is 0 Å². The Labute approximate surface area is 135 Å². The second kappa shape index (κ2) is 7.94. The summed E-state index contributed by atoms with van der Waals surface area (Å²) < 4.78 is 18.2. The van der Waals surface area contributed by atoms with Gasteiger partial charge in [0.15, 0.2) is 0 Å². The van der Waals surface area contributed by atoms with Gasteiger partial charge in [0.1, 0.15) is 11.6 Å². The number of likely N-dealkylation sites (tertiary alicyclic amines) is 1. The highest BCUT2D eigenvalue weighted by Crippen LogP contribution is 2.22. The number of carboxylic acid groups (broad SMARTS) is 1. The van der Waals surface area contributed by atoms with E-state index in [0.29, 0.717) is 38.2 Å². The summed E-state index contributed by atoms with van der Waals surface area (Å²) >= 11 is 0. The van der Waals surface area contributed by atoms with Crippen LogP contribution in [0, 0.1) is 17.7 Å². The second-order valence-electron chi connectivity index (χ2n) is 6.08. The lowest BCUT2D eigenvalue weighted by atomic mass is 9.90. The van der Waals surface area contributed by atoms with Crippen molar-refractivity contribution in [3.8, 4) is 5.75 Å². The molecule has 1 aromatic rings. The van der Waals surface area contributed by atoms with Gasteiger partial charge in [-0.1, -0.05) is 6.92 Å². The number of ether oxygens (including phenoxy) is 1. The molecule has 0 radical (unpaired) electrons. The number of carbonyl (C=O) groups excluding carboxylic acids is 1. The molecule has 0 bridgehead atoms. The number of amides is 1. The number of aliphatic carboxylic acids is 1. The molecule has 1 aliphatic heterocycles. The van der Waals surface area contributed by atoms with Crippen molar-refractivity contribution in [2.75, 3.05) is 19.7 Å². The van der Waals surface area contributed by atoms with Crippen LogP contribution in [0.5, 0.6) is 5.75 Å². The average molecular weight is 323 g/mol. The standard InChI is InChI=1S/C17H22FNO4/c1-12-9-13(17(21)22)11-19(10-12)16(20)3-2-8-23-15-6-4-14(18)5-7-15/h4-7,12-13H,2-3,8-11H2,1H3,(H,21,22). The molecular formula is C17H22FNO4. The Balaban J connectivity index is 1.73. The van der Waals surface area contributed by atoms with Crippen molar-refractivity contribution in [3.63, 3.8) is 0 Å². The van der Waals surface area contributed by atoms with Crippen molar-refractivity contribution in [1.29, 1.82) is 0 Å². The van der Waals surface area contributed by atoms with Crippen molar-refractivity contribution >= 4 is 11.9 Å². The van der Waals surface area contributed by atoms with Crippen LogP contribution in [0.3, 0.4) is 0 Å². The van der Waals surface area contributed by atoms with Crippen LogP contribution in [0.4, 0.5) is 4.39 Å². The third-order valence-corrected chi connectivity index (χ3v) is 3.98. The Hall–Kier alpha value is -2.11. The number of carbonyl (C=O) groups is 2. The van der Waals surface area contributed by atoms with E-state index in [1.54, 1.807) is 17.0 Å². The number of halogens is 1. The van der Waals surface area contributed by atoms with Gasteiger partial charge in [0, 0.05) is 19.5 Å². The molecule has 126 valence electrons. The third kappa shape index (κ3) is 5.23. The molecule has 0 aromatic heterocycles. The zero-order valence-corrected chi connectivity index (χ0v) is 13.2. The largest absolute Gasteiger partial charge is 0.494 e. The van der Waals surface area contributed by atoms with Crippen LogP contribution in [0.15, 0.2) is 24.3 Å². The summed E-state index contributed by atoms with van der Waals surface area (Å²) in [6.45, 7) is 3.23. The van der Waals surface area contributed by atoms with E-state index in [2.05, 4.69) is 0 Å². The van der Waals surface area contributed by atoms with Crippen molar-refractivity contribution in [2.24, 2.45) is 11.8 Å². The van der Waals surface area contributed by atoms with E-state index < -0.39 is 11.9 Å². The minimum atomic E-state index is -0.839. The number of nitrogens with zero attached hydrogens (tertiary/aromatic N) is 1. The second-order valence-corrected chi connectivity index (χ2v) is 6.08. The predicted octanol–water partition coefficient (Wildman–Crippen LogP) is 2.55. The topological polar surface area (TPSA) is 66.8 Å². The van der Waals surface area contributed by atoms with Gasteiger partial charge in [0.2, 0.25) is 5.91 Å². The molecule has 1 amide bonds. The van der Waals surface area contributed by atoms with Gasteiger partial charge in [-0.25, -0.2) is 4.39 Å². The number of benzene rings is 1. The Morgan fingerprint density at radius 1 is 1.30 bits per heavy atom. The highest BCUT2D eigenvalue weighted by molar-refractivity contribution is 5.78. The number of carboxylic acids is 1. The molecule has 0 spiro atoms. The van der Waals surface area contributed by atoms with Gasteiger partial charge in [-0.15, -0.1) is 0 Å². The van der Waals surface area contributed by atoms with E-state index in [0.717, 1.165) is 0 Å². The number of rotatable bonds is 6. The van der Waals surface area contributed by atoms with E-state index >= 15 is 0 Å². The molecule has 1 N–H and O–H groups in total. The molecule has 1 aromatic carbocycles. The summed E-state index contributed by atoms with van der Waals surface area (Å²) in [5, 5.41) is 9.13. The molecule has 2 atom stereocenters. The summed E-state index contributed by atoms with van der Waals surface area (Å²) in [4.78, 5) is 25.0. The molecule has 2 unspecified atom stereocenters. The zero-order chi connectivity index (χ0) is 16.8. The minimum absolute atomic E-state index is 0.0366. The Kier molecular flexibility index (Phi) is 5.96. The lowest BCUT2D eigenvalue weighted by Crippen LogP contribution is -2.45.